The van der Waals surface area contributed by atoms with Crippen LogP contribution in [0.3, 0.4) is 0 Å². The number of aromatic nitrogens is 4. The second-order valence-corrected chi connectivity index (χ2v) is 7.02. The minimum atomic E-state index is -0.344. The van der Waals surface area contributed by atoms with E-state index in [0.29, 0.717) is 28.1 Å². The van der Waals surface area contributed by atoms with Gasteiger partial charge in [0.1, 0.15) is 17.4 Å². The zero-order valence-corrected chi connectivity index (χ0v) is 16.6. The fraction of sp³-hybridized carbons (Fsp3) is 0.0417. The van der Waals surface area contributed by atoms with E-state index in [2.05, 4.69) is 19.9 Å². The molecule has 2 aromatic heterocycles. The molecule has 0 fully saturated rings. The van der Waals surface area contributed by atoms with Gasteiger partial charge in [-0.15, -0.1) is 0 Å². The molecule has 5 aromatic rings. The molecule has 3 aromatic carbocycles. The number of anilines is 1. The van der Waals surface area contributed by atoms with Crippen LogP contribution in [0, 0.1) is 5.82 Å². The van der Waals surface area contributed by atoms with Gasteiger partial charge in [0.25, 0.3) is 0 Å². The number of nitrogens with zero attached hydrogens (tertiary/aromatic N) is 3. The number of methoxy groups -OCH3 is 1. The monoisotopic (exact) mass is 411 g/mol. The lowest BCUT2D eigenvalue weighted by atomic mass is 9.98. The van der Waals surface area contributed by atoms with Crippen LogP contribution in [-0.2, 0) is 0 Å². The summed E-state index contributed by atoms with van der Waals surface area (Å²) in [5.74, 6) is 1.10. The molecular formula is C24H18FN5O. The maximum atomic E-state index is 13.9. The molecule has 0 radical (unpaired) electrons. The van der Waals surface area contributed by atoms with Crippen LogP contribution in [0.25, 0.3) is 44.8 Å². The Morgan fingerprint density at radius 2 is 1.77 bits per heavy atom. The second-order valence-electron chi connectivity index (χ2n) is 7.02. The van der Waals surface area contributed by atoms with Gasteiger partial charge < -0.3 is 15.5 Å². The smallest absolute Gasteiger partial charge is 0.220 e. The van der Waals surface area contributed by atoms with Crippen molar-refractivity contribution < 1.29 is 9.13 Å². The van der Waals surface area contributed by atoms with Crippen molar-refractivity contribution in [1.82, 2.24) is 19.9 Å². The number of benzene rings is 3. The van der Waals surface area contributed by atoms with E-state index < -0.39 is 0 Å². The topological polar surface area (TPSA) is 89.7 Å². The molecule has 6 nitrogen and oxygen atoms in total. The molecule has 0 amide bonds. The van der Waals surface area contributed by atoms with Crippen LogP contribution < -0.4 is 10.5 Å². The predicted molar refractivity (Wildman–Crippen MR) is 119 cm³/mol. The summed E-state index contributed by atoms with van der Waals surface area (Å²) in [6, 6.07) is 19.8. The minimum absolute atomic E-state index is 0.117. The zero-order valence-electron chi connectivity index (χ0n) is 16.6. The zero-order chi connectivity index (χ0) is 21.4. The van der Waals surface area contributed by atoms with Crippen LogP contribution >= 0.6 is 0 Å². The summed E-state index contributed by atoms with van der Waals surface area (Å²) >= 11 is 0. The Kier molecular flexibility index (Phi) is 4.55. The van der Waals surface area contributed by atoms with Crippen molar-refractivity contribution >= 4 is 17.0 Å². The standard InChI is InChI=1S/C24H18FN5O/c1-31-21-10-9-15(23-28-19-7-2-3-8-20(19)29-23)12-17(21)22-18(13-27-24(26)30-22)14-5-4-6-16(25)11-14/h2-13H,1H3,(H,28,29)(H2,26,27,30). The van der Waals surface area contributed by atoms with Crippen molar-refractivity contribution in [2.45, 2.75) is 0 Å². The highest BCUT2D eigenvalue weighted by Gasteiger charge is 2.17. The summed E-state index contributed by atoms with van der Waals surface area (Å²) in [6.07, 6.45) is 1.60. The van der Waals surface area contributed by atoms with E-state index in [0.717, 1.165) is 22.4 Å². The Morgan fingerprint density at radius 1 is 0.903 bits per heavy atom. The maximum absolute atomic E-state index is 13.9. The van der Waals surface area contributed by atoms with E-state index >= 15 is 0 Å². The summed E-state index contributed by atoms with van der Waals surface area (Å²) in [6.45, 7) is 0. The molecule has 7 heteroatoms. The van der Waals surface area contributed by atoms with E-state index in [9.17, 15) is 4.39 Å². The van der Waals surface area contributed by atoms with Gasteiger partial charge in [-0.3, -0.25) is 0 Å². The number of fused-ring (bicyclic) bond motifs is 1. The maximum Gasteiger partial charge on any atom is 0.220 e. The fourth-order valence-electron chi connectivity index (χ4n) is 3.60. The molecule has 0 saturated carbocycles. The number of ether oxygens (including phenoxy) is 1. The largest absolute Gasteiger partial charge is 0.496 e. The average molecular weight is 411 g/mol. The van der Waals surface area contributed by atoms with E-state index in [1.54, 1.807) is 25.4 Å². The van der Waals surface area contributed by atoms with Gasteiger partial charge in [-0.25, -0.2) is 19.3 Å². The van der Waals surface area contributed by atoms with Crippen LogP contribution in [0.15, 0.2) is 72.9 Å². The molecule has 0 unspecified atom stereocenters. The van der Waals surface area contributed by atoms with Crippen molar-refractivity contribution in [3.63, 3.8) is 0 Å². The lowest BCUT2D eigenvalue weighted by Crippen LogP contribution is -2.00. The third-order valence-corrected chi connectivity index (χ3v) is 5.06. The Labute approximate surface area is 177 Å². The SMILES string of the molecule is COc1ccc(-c2nc3ccccc3[nH]2)cc1-c1nc(N)ncc1-c1cccc(F)c1. The van der Waals surface area contributed by atoms with Crippen molar-refractivity contribution in [2.24, 2.45) is 0 Å². The van der Waals surface area contributed by atoms with Crippen LogP contribution in [-0.4, -0.2) is 27.0 Å². The summed E-state index contributed by atoms with van der Waals surface area (Å²) in [5.41, 5.74) is 11.1. The van der Waals surface area contributed by atoms with Gasteiger partial charge in [-0.05, 0) is 48.0 Å². The second kappa shape index (κ2) is 7.53. The normalized spacial score (nSPS) is 11.0. The summed E-state index contributed by atoms with van der Waals surface area (Å²) in [7, 11) is 1.59. The molecule has 31 heavy (non-hydrogen) atoms. The first kappa shape index (κ1) is 18.7. The third-order valence-electron chi connectivity index (χ3n) is 5.06. The molecule has 3 N–H and O–H groups in total. The number of para-hydroxylation sites is 2. The third kappa shape index (κ3) is 3.46. The molecule has 0 spiro atoms. The number of H-pyrrole nitrogens is 1. The number of aromatic amines is 1. The van der Waals surface area contributed by atoms with E-state index in [-0.39, 0.29) is 11.8 Å². The first-order valence-corrected chi connectivity index (χ1v) is 9.64. The lowest BCUT2D eigenvalue weighted by molar-refractivity contribution is 0.416. The van der Waals surface area contributed by atoms with Gasteiger partial charge in [0, 0.05) is 22.9 Å². The van der Waals surface area contributed by atoms with Gasteiger partial charge in [0.15, 0.2) is 0 Å². The molecule has 0 aliphatic rings. The van der Waals surface area contributed by atoms with Gasteiger partial charge in [0.05, 0.1) is 23.8 Å². The Balaban J connectivity index is 1.71. The first-order chi connectivity index (χ1) is 15.1. The molecule has 5 rings (SSSR count). The van der Waals surface area contributed by atoms with Crippen molar-refractivity contribution in [3.05, 3.63) is 78.7 Å². The van der Waals surface area contributed by atoms with Crippen molar-refractivity contribution in [3.8, 4) is 39.5 Å². The molecule has 0 atom stereocenters. The summed E-state index contributed by atoms with van der Waals surface area (Å²) < 4.78 is 19.5. The van der Waals surface area contributed by atoms with Gasteiger partial charge in [-0.2, -0.15) is 0 Å². The molecule has 0 aliphatic heterocycles. The number of rotatable bonds is 4. The van der Waals surface area contributed by atoms with E-state index in [1.165, 1.54) is 12.1 Å². The van der Waals surface area contributed by atoms with Crippen LogP contribution in [0.5, 0.6) is 5.75 Å². The molecule has 0 aliphatic carbocycles. The van der Waals surface area contributed by atoms with E-state index in [4.69, 9.17) is 10.5 Å². The molecule has 0 bridgehead atoms. The summed E-state index contributed by atoms with van der Waals surface area (Å²) in [4.78, 5) is 16.6. The summed E-state index contributed by atoms with van der Waals surface area (Å²) in [5, 5.41) is 0. The quantitative estimate of drug-likeness (QED) is 0.430. The van der Waals surface area contributed by atoms with Crippen LogP contribution in [0.1, 0.15) is 0 Å². The number of hydrogen-bond donors (Lipinski definition) is 2. The van der Waals surface area contributed by atoms with Gasteiger partial charge >= 0.3 is 0 Å². The van der Waals surface area contributed by atoms with E-state index in [1.807, 2.05) is 42.5 Å². The number of imidazole rings is 1. The fourth-order valence-corrected chi connectivity index (χ4v) is 3.60. The predicted octanol–water partition coefficient (Wildman–Crippen LogP) is 5.08. The number of halogens is 1. The van der Waals surface area contributed by atoms with Gasteiger partial charge in [0.2, 0.25) is 5.95 Å². The highest BCUT2D eigenvalue weighted by Crippen LogP contribution is 2.38. The highest BCUT2D eigenvalue weighted by molar-refractivity contribution is 5.86. The Bertz CT molecular complexity index is 1380. The lowest BCUT2D eigenvalue weighted by Gasteiger charge is -2.14. The highest BCUT2D eigenvalue weighted by atomic mass is 19.1. The Hall–Kier alpha value is -4.26. The molecule has 2 heterocycles. The number of nitrogen functional groups attached to an aromatic ring is 1. The minimum Gasteiger partial charge on any atom is -0.496 e. The van der Waals surface area contributed by atoms with Gasteiger partial charge in [-0.1, -0.05) is 24.3 Å². The average Bonchev–Trinajstić information content (AvgIpc) is 3.23. The van der Waals surface area contributed by atoms with Crippen molar-refractivity contribution in [1.29, 1.82) is 0 Å². The first-order valence-electron chi connectivity index (χ1n) is 9.64. The molecule has 0 saturated heterocycles. The number of nitrogens with one attached hydrogen (secondary N) is 1. The van der Waals surface area contributed by atoms with Crippen molar-refractivity contribution in [2.75, 3.05) is 12.8 Å². The molecule has 152 valence electrons. The number of nitrogens with two attached hydrogens (primary N) is 1. The molecular weight excluding hydrogens is 393 g/mol. The Morgan fingerprint density at radius 3 is 2.58 bits per heavy atom. The van der Waals surface area contributed by atoms with Crippen LogP contribution in [0.2, 0.25) is 0 Å². The number of hydrogen-bond acceptors (Lipinski definition) is 5. The van der Waals surface area contributed by atoms with Crippen LogP contribution in [0.4, 0.5) is 10.3 Å².